The molecule has 1 rings (SSSR count). The molecule has 0 spiro atoms. The van der Waals surface area contributed by atoms with Gasteiger partial charge in [0.2, 0.25) is 0 Å². The Morgan fingerprint density at radius 3 is 2.38 bits per heavy atom. The maximum atomic E-state index is 5.65. The minimum Gasteiger partial charge on any atom is -0.490 e. The standard InChI is InChI=1S/C13H17O2Si/c1-5-14-10-7-8-11(16)12(9(3)4)13(10)15-6-2/h7-8H,3,5-6H2,1-2,4H3. The third kappa shape index (κ3) is 2.67. The van der Waals surface area contributed by atoms with E-state index in [1.165, 1.54) is 0 Å². The molecule has 0 atom stereocenters. The summed E-state index contributed by atoms with van der Waals surface area (Å²) in [5.74, 6) is 1.54. The van der Waals surface area contributed by atoms with Crippen molar-refractivity contribution in [1.29, 1.82) is 0 Å². The molecule has 0 unspecified atom stereocenters. The minimum absolute atomic E-state index is 0.607. The van der Waals surface area contributed by atoms with Crippen LogP contribution in [0.4, 0.5) is 0 Å². The van der Waals surface area contributed by atoms with E-state index in [1.54, 1.807) is 0 Å². The summed E-state index contributed by atoms with van der Waals surface area (Å²) in [5, 5.41) is 0.972. The lowest BCUT2D eigenvalue weighted by molar-refractivity contribution is 0.287. The van der Waals surface area contributed by atoms with E-state index in [2.05, 4.69) is 16.8 Å². The molecule has 0 N–H and O–H groups in total. The lowest BCUT2D eigenvalue weighted by Crippen LogP contribution is -2.12. The van der Waals surface area contributed by atoms with Crippen LogP contribution < -0.4 is 14.7 Å². The maximum absolute atomic E-state index is 5.65. The van der Waals surface area contributed by atoms with Gasteiger partial charge in [-0.05, 0) is 32.4 Å². The van der Waals surface area contributed by atoms with Crippen LogP contribution in [-0.4, -0.2) is 23.5 Å². The van der Waals surface area contributed by atoms with Crippen LogP contribution in [0.1, 0.15) is 26.3 Å². The normalized spacial score (nSPS) is 10.0. The fourth-order valence-corrected chi connectivity index (χ4v) is 1.95. The van der Waals surface area contributed by atoms with Crippen LogP contribution >= 0.6 is 0 Å². The Morgan fingerprint density at radius 2 is 1.88 bits per heavy atom. The molecule has 0 aromatic heterocycles. The second kappa shape index (κ2) is 5.75. The summed E-state index contributed by atoms with van der Waals surface area (Å²) in [6.07, 6.45) is 0. The summed E-state index contributed by atoms with van der Waals surface area (Å²) in [6, 6.07) is 3.86. The van der Waals surface area contributed by atoms with Crippen LogP contribution in [0.3, 0.4) is 0 Å². The third-order valence-electron chi connectivity index (χ3n) is 2.14. The van der Waals surface area contributed by atoms with Crippen molar-refractivity contribution in [3.05, 3.63) is 24.3 Å². The number of hydrogen-bond acceptors (Lipinski definition) is 2. The fraction of sp³-hybridized carbons (Fsp3) is 0.385. The predicted molar refractivity (Wildman–Crippen MR) is 68.9 cm³/mol. The maximum Gasteiger partial charge on any atom is 0.168 e. The first-order chi connectivity index (χ1) is 7.61. The van der Waals surface area contributed by atoms with Crippen molar-refractivity contribution in [2.75, 3.05) is 13.2 Å². The van der Waals surface area contributed by atoms with Crippen molar-refractivity contribution in [1.82, 2.24) is 0 Å². The van der Waals surface area contributed by atoms with Gasteiger partial charge in [-0.2, -0.15) is 0 Å². The van der Waals surface area contributed by atoms with Gasteiger partial charge in [0.15, 0.2) is 11.5 Å². The summed E-state index contributed by atoms with van der Waals surface area (Å²) in [4.78, 5) is 0. The van der Waals surface area contributed by atoms with Crippen molar-refractivity contribution in [2.45, 2.75) is 20.8 Å². The molecule has 3 radical (unpaired) electrons. The Kier molecular flexibility index (Phi) is 4.62. The van der Waals surface area contributed by atoms with E-state index < -0.39 is 0 Å². The number of allylic oxidation sites excluding steroid dienone is 1. The molecule has 0 aliphatic carbocycles. The third-order valence-corrected chi connectivity index (χ3v) is 2.55. The van der Waals surface area contributed by atoms with E-state index >= 15 is 0 Å². The largest absolute Gasteiger partial charge is 0.490 e. The second-order valence-electron chi connectivity index (χ2n) is 3.46. The van der Waals surface area contributed by atoms with Crippen LogP contribution in [0.5, 0.6) is 11.5 Å². The van der Waals surface area contributed by atoms with Crippen molar-refractivity contribution in [3.8, 4) is 11.5 Å². The van der Waals surface area contributed by atoms with Gasteiger partial charge >= 0.3 is 0 Å². The zero-order valence-electron chi connectivity index (χ0n) is 10.1. The van der Waals surface area contributed by atoms with Crippen LogP contribution in [-0.2, 0) is 0 Å². The Bertz CT molecular complexity index is 386. The molecule has 0 bridgehead atoms. The molecule has 85 valence electrons. The lowest BCUT2D eigenvalue weighted by Gasteiger charge is -2.17. The SMILES string of the molecule is C=C(C)c1c([Si])ccc(OCC)c1OCC. The number of rotatable bonds is 5. The van der Waals surface area contributed by atoms with Crippen molar-refractivity contribution < 1.29 is 9.47 Å². The van der Waals surface area contributed by atoms with Crippen LogP contribution in [0, 0.1) is 0 Å². The molecule has 16 heavy (non-hydrogen) atoms. The molecule has 0 aliphatic rings. The number of hydrogen-bond donors (Lipinski definition) is 0. The Morgan fingerprint density at radius 1 is 1.25 bits per heavy atom. The molecule has 0 amide bonds. The van der Waals surface area contributed by atoms with E-state index in [0.717, 1.165) is 27.8 Å². The second-order valence-corrected chi connectivity index (χ2v) is 4.00. The average Bonchev–Trinajstić information content (AvgIpc) is 2.22. The van der Waals surface area contributed by atoms with Crippen molar-refractivity contribution in [3.63, 3.8) is 0 Å². The molecule has 0 heterocycles. The highest BCUT2D eigenvalue weighted by molar-refractivity contribution is 6.35. The molecule has 1 aromatic carbocycles. The smallest absolute Gasteiger partial charge is 0.168 e. The highest BCUT2D eigenvalue weighted by Crippen LogP contribution is 2.33. The van der Waals surface area contributed by atoms with E-state index in [4.69, 9.17) is 9.47 Å². The molecular weight excluding hydrogens is 216 g/mol. The first kappa shape index (κ1) is 12.8. The first-order valence-corrected chi connectivity index (χ1v) is 5.91. The van der Waals surface area contributed by atoms with E-state index in [-0.39, 0.29) is 0 Å². The van der Waals surface area contributed by atoms with Crippen LogP contribution in [0.15, 0.2) is 18.7 Å². The van der Waals surface area contributed by atoms with Gasteiger partial charge in [-0.3, -0.25) is 0 Å². The molecule has 3 heteroatoms. The zero-order valence-corrected chi connectivity index (χ0v) is 11.1. The van der Waals surface area contributed by atoms with Gasteiger partial charge in [0.25, 0.3) is 0 Å². The molecule has 0 fully saturated rings. The fourth-order valence-electron chi connectivity index (χ4n) is 1.54. The summed E-state index contributed by atoms with van der Waals surface area (Å²) in [6.45, 7) is 11.1. The van der Waals surface area contributed by atoms with Gasteiger partial charge in [-0.15, -0.1) is 0 Å². The van der Waals surface area contributed by atoms with E-state index in [9.17, 15) is 0 Å². The molecular formula is C13H17O2Si. The summed E-state index contributed by atoms with van der Waals surface area (Å²) < 4.78 is 11.2. The zero-order chi connectivity index (χ0) is 12.1. The minimum atomic E-state index is 0.607. The Hall–Kier alpha value is -1.22. The van der Waals surface area contributed by atoms with Gasteiger partial charge in [-0.1, -0.05) is 17.8 Å². The van der Waals surface area contributed by atoms with E-state index in [0.29, 0.717) is 13.2 Å². The van der Waals surface area contributed by atoms with Gasteiger partial charge in [-0.25, -0.2) is 0 Å². The quantitative estimate of drug-likeness (QED) is 0.727. The van der Waals surface area contributed by atoms with Crippen molar-refractivity contribution in [2.24, 2.45) is 0 Å². The average molecular weight is 233 g/mol. The molecule has 2 nitrogen and oxygen atoms in total. The number of ether oxygens (including phenoxy) is 2. The summed E-state index contributed by atoms with van der Waals surface area (Å²) >= 11 is 0. The predicted octanol–water partition coefficient (Wildman–Crippen LogP) is 2.31. The van der Waals surface area contributed by atoms with Gasteiger partial charge in [0, 0.05) is 5.56 Å². The topological polar surface area (TPSA) is 18.5 Å². The lowest BCUT2D eigenvalue weighted by atomic mass is 10.1. The first-order valence-electron chi connectivity index (χ1n) is 5.41. The van der Waals surface area contributed by atoms with Gasteiger partial charge in [0.1, 0.15) is 0 Å². The van der Waals surface area contributed by atoms with Crippen molar-refractivity contribution >= 4 is 21.0 Å². The summed E-state index contributed by atoms with van der Waals surface area (Å²) in [5.41, 5.74) is 1.93. The monoisotopic (exact) mass is 233 g/mol. The highest BCUT2D eigenvalue weighted by Gasteiger charge is 2.13. The van der Waals surface area contributed by atoms with E-state index in [1.807, 2.05) is 32.9 Å². The van der Waals surface area contributed by atoms with Crippen LogP contribution in [0.2, 0.25) is 0 Å². The van der Waals surface area contributed by atoms with Gasteiger partial charge in [0.05, 0.1) is 23.5 Å². The number of benzene rings is 1. The molecule has 1 aromatic rings. The van der Waals surface area contributed by atoms with Crippen LogP contribution in [0.25, 0.3) is 5.57 Å². The molecule has 0 aliphatic heterocycles. The Balaban J connectivity index is 3.31. The summed E-state index contributed by atoms with van der Waals surface area (Å²) in [7, 11) is 3.56. The molecule has 0 saturated heterocycles. The molecule has 0 saturated carbocycles. The highest BCUT2D eigenvalue weighted by atomic mass is 28.1. The Labute approximate surface area is 101 Å². The van der Waals surface area contributed by atoms with Gasteiger partial charge < -0.3 is 9.47 Å².